The van der Waals surface area contributed by atoms with Gasteiger partial charge in [0.25, 0.3) is 0 Å². The standard InChI is InChI=1S/C25H27N3O4/c1-26-17-21(20-16-19(24(29)30)9-10-22(20)26)23(25(31)32)28-14-12-27(13-15-28)11-5-8-18-6-3-2-4-7-18/h2-10,16-17,23H,11-15H2,1H3,(H,29,30)(H,31,32)/b8-5+/t23-/m0/s1. The van der Waals surface area contributed by atoms with Gasteiger partial charge in [-0.25, -0.2) is 4.79 Å². The fraction of sp³-hybridized carbons (Fsp3) is 0.280. The first kappa shape index (κ1) is 21.8. The molecule has 1 fully saturated rings. The molecular formula is C25H27N3O4. The quantitative estimate of drug-likeness (QED) is 0.595. The summed E-state index contributed by atoms with van der Waals surface area (Å²) in [7, 11) is 1.85. The monoisotopic (exact) mass is 433 g/mol. The summed E-state index contributed by atoms with van der Waals surface area (Å²) in [6.45, 7) is 3.62. The van der Waals surface area contributed by atoms with Crippen molar-refractivity contribution in [3.63, 3.8) is 0 Å². The summed E-state index contributed by atoms with van der Waals surface area (Å²) < 4.78 is 1.86. The molecule has 32 heavy (non-hydrogen) atoms. The second kappa shape index (κ2) is 9.38. The minimum Gasteiger partial charge on any atom is -0.480 e. The first-order valence-corrected chi connectivity index (χ1v) is 10.7. The van der Waals surface area contributed by atoms with E-state index in [0.717, 1.165) is 30.7 Å². The lowest BCUT2D eigenvalue weighted by molar-refractivity contribution is -0.144. The van der Waals surface area contributed by atoms with E-state index in [4.69, 9.17) is 0 Å². The van der Waals surface area contributed by atoms with Gasteiger partial charge in [0.15, 0.2) is 0 Å². The summed E-state index contributed by atoms with van der Waals surface area (Å²) in [5.41, 5.74) is 2.77. The highest BCUT2D eigenvalue weighted by molar-refractivity contribution is 5.96. The molecule has 1 aromatic heterocycles. The van der Waals surface area contributed by atoms with E-state index in [9.17, 15) is 19.8 Å². The van der Waals surface area contributed by atoms with Crippen LogP contribution in [-0.2, 0) is 11.8 Å². The Bertz CT molecular complexity index is 1140. The largest absolute Gasteiger partial charge is 0.480 e. The van der Waals surface area contributed by atoms with E-state index < -0.39 is 18.0 Å². The Morgan fingerprint density at radius 3 is 2.41 bits per heavy atom. The van der Waals surface area contributed by atoms with Crippen LogP contribution >= 0.6 is 0 Å². The highest BCUT2D eigenvalue weighted by Crippen LogP contribution is 2.31. The number of fused-ring (bicyclic) bond motifs is 1. The minimum absolute atomic E-state index is 0.157. The number of carboxylic acid groups (broad SMARTS) is 2. The average molecular weight is 434 g/mol. The molecule has 1 aliphatic heterocycles. The van der Waals surface area contributed by atoms with Gasteiger partial charge in [0.05, 0.1) is 5.56 Å². The van der Waals surface area contributed by atoms with E-state index in [1.165, 1.54) is 0 Å². The Hall–Kier alpha value is -3.42. The van der Waals surface area contributed by atoms with Gasteiger partial charge in [0, 0.05) is 62.4 Å². The zero-order valence-corrected chi connectivity index (χ0v) is 18.0. The molecule has 0 saturated carbocycles. The molecule has 7 nitrogen and oxygen atoms in total. The first-order chi connectivity index (χ1) is 15.4. The Labute approximate surface area is 186 Å². The second-order valence-corrected chi connectivity index (χ2v) is 8.12. The van der Waals surface area contributed by atoms with Crippen molar-refractivity contribution in [2.45, 2.75) is 6.04 Å². The van der Waals surface area contributed by atoms with Crippen LogP contribution in [0.15, 0.2) is 60.8 Å². The van der Waals surface area contributed by atoms with Crippen molar-refractivity contribution in [3.8, 4) is 0 Å². The number of carbonyl (C=O) groups is 2. The number of aromatic carboxylic acids is 1. The molecule has 0 aliphatic carbocycles. The number of piperazine rings is 1. The molecule has 1 saturated heterocycles. The molecule has 1 atom stereocenters. The van der Waals surface area contributed by atoms with Gasteiger partial charge in [0.2, 0.25) is 0 Å². The maximum absolute atomic E-state index is 12.3. The predicted octanol–water partition coefficient (Wildman–Crippen LogP) is 3.33. The fourth-order valence-electron chi connectivity index (χ4n) is 4.37. The van der Waals surface area contributed by atoms with E-state index in [1.807, 2.05) is 40.9 Å². The minimum atomic E-state index is -1.02. The number of benzene rings is 2. The molecule has 4 rings (SSSR count). The topological polar surface area (TPSA) is 86.0 Å². The molecule has 0 radical (unpaired) electrons. The van der Waals surface area contributed by atoms with Crippen molar-refractivity contribution in [3.05, 3.63) is 77.5 Å². The number of rotatable bonds is 7. The maximum atomic E-state index is 12.3. The van der Waals surface area contributed by atoms with Gasteiger partial charge < -0.3 is 14.8 Å². The molecule has 2 N–H and O–H groups in total. The molecule has 1 aliphatic rings. The molecule has 3 aromatic rings. The van der Waals surface area contributed by atoms with Gasteiger partial charge in [-0.05, 0) is 23.8 Å². The van der Waals surface area contributed by atoms with Crippen molar-refractivity contribution in [1.82, 2.24) is 14.4 Å². The van der Waals surface area contributed by atoms with Crippen LogP contribution in [0, 0.1) is 0 Å². The molecular weight excluding hydrogens is 406 g/mol. The van der Waals surface area contributed by atoms with E-state index in [-0.39, 0.29) is 5.56 Å². The predicted molar refractivity (Wildman–Crippen MR) is 124 cm³/mol. The van der Waals surface area contributed by atoms with E-state index >= 15 is 0 Å². The van der Waals surface area contributed by atoms with E-state index in [1.54, 1.807) is 18.2 Å². The fourth-order valence-corrected chi connectivity index (χ4v) is 4.37. The lowest BCUT2D eigenvalue weighted by Crippen LogP contribution is -2.49. The summed E-state index contributed by atoms with van der Waals surface area (Å²) in [4.78, 5) is 28.0. The highest BCUT2D eigenvalue weighted by atomic mass is 16.4. The molecule has 166 valence electrons. The van der Waals surface area contributed by atoms with Gasteiger partial charge in [-0.2, -0.15) is 0 Å². The third kappa shape index (κ3) is 4.59. The van der Waals surface area contributed by atoms with Gasteiger partial charge in [0.1, 0.15) is 6.04 Å². The van der Waals surface area contributed by atoms with Crippen LogP contribution in [0.4, 0.5) is 0 Å². The smallest absolute Gasteiger partial charge is 0.335 e. The molecule has 0 spiro atoms. The molecule has 0 bridgehead atoms. The van der Waals surface area contributed by atoms with Crippen molar-refractivity contribution in [2.75, 3.05) is 32.7 Å². The number of aliphatic carboxylic acids is 1. The van der Waals surface area contributed by atoms with Gasteiger partial charge in [-0.3, -0.25) is 14.6 Å². The van der Waals surface area contributed by atoms with Crippen LogP contribution in [0.2, 0.25) is 0 Å². The number of aromatic nitrogens is 1. The molecule has 0 amide bonds. The van der Waals surface area contributed by atoms with Crippen LogP contribution in [0.1, 0.15) is 27.5 Å². The summed E-state index contributed by atoms with van der Waals surface area (Å²) in [5, 5.41) is 20.1. The zero-order valence-electron chi connectivity index (χ0n) is 18.0. The van der Waals surface area contributed by atoms with E-state index in [0.29, 0.717) is 24.0 Å². The summed E-state index contributed by atoms with van der Waals surface area (Å²) in [6.07, 6.45) is 6.05. The number of aryl methyl sites for hydroxylation is 1. The van der Waals surface area contributed by atoms with Crippen molar-refractivity contribution >= 4 is 28.9 Å². The highest BCUT2D eigenvalue weighted by Gasteiger charge is 2.32. The van der Waals surface area contributed by atoms with Crippen LogP contribution < -0.4 is 0 Å². The van der Waals surface area contributed by atoms with Crippen molar-refractivity contribution < 1.29 is 19.8 Å². The zero-order chi connectivity index (χ0) is 22.7. The Morgan fingerprint density at radius 2 is 1.75 bits per heavy atom. The first-order valence-electron chi connectivity index (χ1n) is 10.7. The lowest BCUT2D eigenvalue weighted by Gasteiger charge is -2.37. The van der Waals surface area contributed by atoms with Crippen molar-refractivity contribution in [2.24, 2.45) is 7.05 Å². The van der Waals surface area contributed by atoms with Crippen molar-refractivity contribution in [1.29, 1.82) is 0 Å². The number of nitrogens with zero attached hydrogens (tertiary/aromatic N) is 3. The van der Waals surface area contributed by atoms with Crippen LogP contribution in [-0.4, -0.2) is 69.2 Å². The number of hydrogen-bond acceptors (Lipinski definition) is 4. The summed E-state index contributed by atoms with van der Waals surface area (Å²) in [6, 6.07) is 14.2. The Balaban J connectivity index is 1.49. The van der Waals surface area contributed by atoms with Gasteiger partial charge in [-0.15, -0.1) is 0 Å². The SMILES string of the molecule is Cn1cc([C@@H](C(=O)O)N2CCN(C/C=C/c3ccccc3)CC2)c2cc(C(=O)O)ccc21. The van der Waals surface area contributed by atoms with E-state index in [2.05, 4.69) is 29.2 Å². The van der Waals surface area contributed by atoms with Crippen LogP contribution in [0.25, 0.3) is 17.0 Å². The third-order valence-electron chi connectivity index (χ3n) is 6.04. The summed E-state index contributed by atoms with van der Waals surface area (Å²) >= 11 is 0. The maximum Gasteiger partial charge on any atom is 0.335 e. The normalized spacial score (nSPS) is 16.5. The molecule has 2 aromatic carbocycles. The second-order valence-electron chi connectivity index (χ2n) is 8.12. The Morgan fingerprint density at radius 1 is 1.03 bits per heavy atom. The summed E-state index contributed by atoms with van der Waals surface area (Å²) in [5.74, 6) is -1.94. The van der Waals surface area contributed by atoms with Crippen LogP contribution in [0.3, 0.4) is 0 Å². The van der Waals surface area contributed by atoms with Crippen LogP contribution in [0.5, 0.6) is 0 Å². The molecule has 2 heterocycles. The lowest BCUT2D eigenvalue weighted by atomic mass is 10.0. The number of carboxylic acids is 2. The average Bonchev–Trinajstić information content (AvgIpc) is 3.11. The molecule has 0 unspecified atom stereocenters. The number of hydrogen-bond donors (Lipinski definition) is 2. The molecule has 7 heteroatoms. The third-order valence-corrected chi connectivity index (χ3v) is 6.04. The van der Waals surface area contributed by atoms with Gasteiger partial charge in [-0.1, -0.05) is 42.5 Å². The Kier molecular flexibility index (Phi) is 6.39. The van der Waals surface area contributed by atoms with Gasteiger partial charge >= 0.3 is 11.9 Å².